The van der Waals surface area contributed by atoms with Crippen LogP contribution in [0.2, 0.25) is 0 Å². The van der Waals surface area contributed by atoms with Crippen LogP contribution in [0.3, 0.4) is 0 Å². The molecule has 4 heteroatoms. The van der Waals surface area contributed by atoms with Gasteiger partial charge in [-0.2, -0.15) is 5.26 Å². The number of likely N-dealkylation sites (tertiary alicyclic amines) is 1. The quantitative estimate of drug-likeness (QED) is 0.626. The highest BCUT2D eigenvalue weighted by Crippen LogP contribution is 2.44. The first-order chi connectivity index (χ1) is 7.38. The number of carbonyl (C=O) groups excluding carboxylic acids is 2. The highest BCUT2D eigenvalue weighted by atomic mass is 16.2. The van der Waals surface area contributed by atoms with Gasteiger partial charge in [-0.3, -0.25) is 14.5 Å². The van der Waals surface area contributed by atoms with Gasteiger partial charge in [-0.25, -0.2) is 0 Å². The van der Waals surface area contributed by atoms with Crippen LogP contribution in [0.1, 0.15) is 33.6 Å². The zero-order valence-corrected chi connectivity index (χ0v) is 9.86. The Bertz CT molecular complexity index is 370. The van der Waals surface area contributed by atoms with E-state index in [1.54, 1.807) is 13.8 Å². The van der Waals surface area contributed by atoms with Gasteiger partial charge < -0.3 is 0 Å². The van der Waals surface area contributed by atoms with Crippen molar-refractivity contribution in [3.8, 4) is 6.07 Å². The van der Waals surface area contributed by atoms with E-state index >= 15 is 0 Å². The fourth-order valence-corrected chi connectivity index (χ4v) is 2.88. The van der Waals surface area contributed by atoms with Crippen LogP contribution >= 0.6 is 0 Å². The van der Waals surface area contributed by atoms with Gasteiger partial charge in [0, 0.05) is 0 Å². The molecule has 0 radical (unpaired) electrons. The van der Waals surface area contributed by atoms with Crippen LogP contribution in [-0.4, -0.2) is 22.3 Å². The molecular weight excluding hydrogens is 204 g/mol. The molecule has 86 valence electrons. The van der Waals surface area contributed by atoms with Gasteiger partial charge >= 0.3 is 0 Å². The average molecular weight is 220 g/mol. The second kappa shape index (κ2) is 3.31. The van der Waals surface area contributed by atoms with Crippen molar-refractivity contribution in [2.45, 2.75) is 39.2 Å². The summed E-state index contributed by atoms with van der Waals surface area (Å²) in [6, 6.07) is 2.03. The first kappa shape index (κ1) is 11.1. The predicted octanol–water partition coefficient (Wildman–Crippen LogP) is 1.32. The van der Waals surface area contributed by atoms with Crippen LogP contribution in [0.25, 0.3) is 0 Å². The van der Waals surface area contributed by atoms with Gasteiger partial charge in [0.2, 0.25) is 11.8 Å². The third-order valence-corrected chi connectivity index (χ3v) is 3.71. The zero-order valence-electron chi connectivity index (χ0n) is 9.86. The van der Waals surface area contributed by atoms with Crippen molar-refractivity contribution in [1.29, 1.82) is 5.26 Å². The summed E-state index contributed by atoms with van der Waals surface area (Å²) in [6.07, 6.45) is 1.57. The van der Waals surface area contributed by atoms with Gasteiger partial charge in [0.05, 0.1) is 17.9 Å². The Morgan fingerprint density at radius 1 is 1.25 bits per heavy atom. The van der Waals surface area contributed by atoms with E-state index in [-0.39, 0.29) is 23.7 Å². The number of imide groups is 1. The third kappa shape index (κ3) is 1.35. The monoisotopic (exact) mass is 220 g/mol. The molecule has 1 saturated heterocycles. The number of nitrogens with zero attached hydrogens (tertiary/aromatic N) is 2. The van der Waals surface area contributed by atoms with E-state index in [2.05, 4.69) is 6.92 Å². The summed E-state index contributed by atoms with van der Waals surface area (Å²) in [4.78, 5) is 25.4. The summed E-state index contributed by atoms with van der Waals surface area (Å²) < 4.78 is 0. The molecule has 2 unspecified atom stereocenters. The second-order valence-corrected chi connectivity index (χ2v) is 5.47. The predicted molar refractivity (Wildman–Crippen MR) is 56.9 cm³/mol. The Hall–Kier alpha value is -1.37. The Labute approximate surface area is 95.2 Å². The summed E-state index contributed by atoms with van der Waals surface area (Å²) in [6.45, 7) is 5.30. The van der Waals surface area contributed by atoms with E-state index in [1.165, 1.54) is 4.90 Å². The van der Waals surface area contributed by atoms with Crippen molar-refractivity contribution in [1.82, 2.24) is 4.90 Å². The van der Waals surface area contributed by atoms with Crippen molar-refractivity contribution in [3.63, 3.8) is 0 Å². The Morgan fingerprint density at radius 3 is 2.06 bits per heavy atom. The molecule has 2 aliphatic rings. The van der Waals surface area contributed by atoms with Crippen molar-refractivity contribution >= 4 is 11.8 Å². The maximum Gasteiger partial charge on any atom is 0.234 e. The molecule has 1 saturated carbocycles. The molecule has 2 atom stereocenters. The normalized spacial score (nSPS) is 34.1. The standard InChI is InChI=1S/C12H16N2O2/c1-7-4-8-9(5-7)11(16)14(10(8)15)12(2,3)6-13/h7-9H,4-5H2,1-3H3. The number of carbonyl (C=O) groups is 2. The van der Waals surface area contributed by atoms with Crippen LogP contribution in [0.15, 0.2) is 0 Å². The number of hydrogen-bond donors (Lipinski definition) is 0. The fourth-order valence-electron chi connectivity index (χ4n) is 2.88. The molecule has 2 rings (SSSR count). The van der Waals surface area contributed by atoms with E-state index < -0.39 is 5.54 Å². The SMILES string of the molecule is CC1CC2C(=O)N(C(C)(C)C#N)C(=O)C2C1. The van der Waals surface area contributed by atoms with Crippen molar-refractivity contribution < 1.29 is 9.59 Å². The molecule has 16 heavy (non-hydrogen) atoms. The lowest BCUT2D eigenvalue weighted by Gasteiger charge is -2.28. The van der Waals surface area contributed by atoms with Crippen LogP contribution in [0, 0.1) is 29.1 Å². The average Bonchev–Trinajstić information content (AvgIpc) is 2.68. The second-order valence-electron chi connectivity index (χ2n) is 5.47. The molecule has 0 aromatic heterocycles. The molecular formula is C12H16N2O2. The van der Waals surface area contributed by atoms with Gasteiger partial charge in [0.15, 0.2) is 0 Å². The molecule has 0 aromatic rings. The first-order valence-corrected chi connectivity index (χ1v) is 5.67. The Morgan fingerprint density at radius 2 is 1.69 bits per heavy atom. The molecule has 1 aliphatic carbocycles. The number of hydrogen-bond acceptors (Lipinski definition) is 3. The maximum atomic E-state index is 12.1. The topological polar surface area (TPSA) is 61.2 Å². The largest absolute Gasteiger partial charge is 0.274 e. The minimum Gasteiger partial charge on any atom is -0.274 e. The molecule has 0 N–H and O–H groups in total. The number of nitriles is 1. The van der Waals surface area contributed by atoms with E-state index in [4.69, 9.17) is 5.26 Å². The van der Waals surface area contributed by atoms with Gasteiger partial charge in [-0.1, -0.05) is 6.92 Å². The summed E-state index contributed by atoms with van der Waals surface area (Å²) in [5, 5.41) is 9.01. The minimum absolute atomic E-state index is 0.147. The van der Waals surface area contributed by atoms with Gasteiger partial charge in [0.25, 0.3) is 0 Å². The number of amides is 2. The third-order valence-electron chi connectivity index (χ3n) is 3.71. The first-order valence-electron chi connectivity index (χ1n) is 5.67. The van der Waals surface area contributed by atoms with Gasteiger partial charge in [0.1, 0.15) is 5.54 Å². The smallest absolute Gasteiger partial charge is 0.234 e. The maximum absolute atomic E-state index is 12.1. The Balaban J connectivity index is 2.32. The van der Waals surface area contributed by atoms with Crippen LogP contribution in [0.5, 0.6) is 0 Å². The highest BCUT2D eigenvalue weighted by molar-refractivity contribution is 6.06. The summed E-state index contributed by atoms with van der Waals surface area (Å²) in [5.41, 5.74) is -1.01. The summed E-state index contributed by atoms with van der Waals surface area (Å²) in [7, 11) is 0. The lowest BCUT2D eigenvalue weighted by Crippen LogP contribution is -2.47. The molecule has 2 fully saturated rings. The summed E-state index contributed by atoms with van der Waals surface area (Å²) in [5.74, 6) is -0.197. The van der Waals surface area contributed by atoms with E-state index in [1.807, 2.05) is 6.07 Å². The van der Waals surface area contributed by atoms with Crippen LogP contribution in [-0.2, 0) is 9.59 Å². The zero-order chi connectivity index (χ0) is 12.1. The molecule has 4 nitrogen and oxygen atoms in total. The molecule has 0 bridgehead atoms. The molecule has 0 spiro atoms. The van der Waals surface area contributed by atoms with Crippen molar-refractivity contribution in [2.75, 3.05) is 0 Å². The molecule has 0 aromatic carbocycles. The molecule has 1 aliphatic heterocycles. The van der Waals surface area contributed by atoms with Crippen molar-refractivity contribution in [3.05, 3.63) is 0 Å². The van der Waals surface area contributed by atoms with E-state index in [9.17, 15) is 9.59 Å². The lowest BCUT2D eigenvalue weighted by molar-refractivity contribution is -0.144. The van der Waals surface area contributed by atoms with E-state index in [0.29, 0.717) is 5.92 Å². The highest BCUT2D eigenvalue weighted by Gasteiger charge is 2.55. The van der Waals surface area contributed by atoms with Gasteiger partial charge in [-0.05, 0) is 32.6 Å². The molecule has 2 amide bonds. The fraction of sp³-hybridized carbons (Fsp3) is 0.750. The molecule has 1 heterocycles. The van der Waals surface area contributed by atoms with E-state index in [0.717, 1.165) is 12.8 Å². The Kier molecular flexibility index (Phi) is 2.30. The van der Waals surface area contributed by atoms with Crippen molar-refractivity contribution in [2.24, 2.45) is 17.8 Å². The van der Waals surface area contributed by atoms with Crippen LogP contribution in [0.4, 0.5) is 0 Å². The minimum atomic E-state index is -1.01. The van der Waals surface area contributed by atoms with Crippen LogP contribution < -0.4 is 0 Å². The number of rotatable bonds is 1. The van der Waals surface area contributed by atoms with Gasteiger partial charge in [-0.15, -0.1) is 0 Å². The number of fused-ring (bicyclic) bond motifs is 1. The lowest BCUT2D eigenvalue weighted by atomic mass is 10.00. The summed E-state index contributed by atoms with van der Waals surface area (Å²) >= 11 is 0.